The predicted molar refractivity (Wildman–Crippen MR) is 154 cm³/mol. The quantitative estimate of drug-likeness (QED) is 0.442. The molecule has 2 aromatic carbocycles. The number of anilines is 1. The molecule has 41 heavy (non-hydrogen) atoms. The molecule has 1 fully saturated rings. The molecule has 11 heteroatoms. The fraction of sp³-hybridized carbons (Fsp3) is 0.400. The number of nitrogens with zero attached hydrogens (tertiary/aromatic N) is 5. The van der Waals surface area contributed by atoms with Gasteiger partial charge in [0.2, 0.25) is 5.91 Å². The zero-order valence-corrected chi connectivity index (χ0v) is 24.2. The van der Waals surface area contributed by atoms with Gasteiger partial charge in [-0.25, -0.2) is 9.18 Å². The second kappa shape index (κ2) is 12.8. The van der Waals surface area contributed by atoms with E-state index in [2.05, 4.69) is 20.4 Å². The van der Waals surface area contributed by atoms with E-state index in [1.54, 1.807) is 31.3 Å². The number of piperazine rings is 1. The van der Waals surface area contributed by atoms with Crippen LogP contribution in [0, 0.1) is 5.82 Å². The van der Waals surface area contributed by atoms with Gasteiger partial charge in [0.15, 0.2) is 17.3 Å². The van der Waals surface area contributed by atoms with Gasteiger partial charge in [-0.2, -0.15) is 0 Å². The second-order valence-electron chi connectivity index (χ2n) is 10.9. The smallest absolute Gasteiger partial charge is 0.318 e. The third-order valence-corrected chi connectivity index (χ3v) is 6.67. The Labute approximate surface area is 240 Å². The summed E-state index contributed by atoms with van der Waals surface area (Å²) >= 11 is 0. The van der Waals surface area contributed by atoms with Crippen LogP contribution in [0.3, 0.4) is 0 Å². The molecule has 1 saturated heterocycles. The van der Waals surface area contributed by atoms with Crippen molar-refractivity contribution in [2.75, 3.05) is 51.8 Å². The van der Waals surface area contributed by atoms with Crippen LogP contribution in [-0.2, 0) is 11.3 Å². The highest BCUT2D eigenvalue weighted by molar-refractivity contribution is 5.84. The zero-order valence-electron chi connectivity index (χ0n) is 24.2. The molecular weight excluding hydrogens is 527 g/mol. The average Bonchev–Trinajstić information content (AvgIpc) is 2.96. The molecule has 0 radical (unpaired) electrons. The molecule has 1 aliphatic heterocycles. The van der Waals surface area contributed by atoms with E-state index in [1.165, 1.54) is 17.0 Å². The number of hydrogen-bond donors (Lipinski definition) is 1. The fourth-order valence-electron chi connectivity index (χ4n) is 4.50. The number of halogens is 1. The molecule has 0 spiro atoms. The largest absolute Gasteiger partial charge is 0.493 e. The standard InChI is InChI=1S/C30H37FN6O4/c1-30(2,3)32-29(39)37(19-21-6-9-23(31)10-7-21)20-28(38)36-16-14-35(15-17-36)27-13-11-24(33-34-27)22-8-12-25(40-4)26(18-22)41-5/h6-13,18H,14-17,19-20H2,1-5H3,(H,32,39). The second-order valence-corrected chi connectivity index (χ2v) is 10.9. The molecule has 1 N–H and O–H groups in total. The van der Waals surface area contributed by atoms with Crippen LogP contribution in [-0.4, -0.2) is 84.4 Å². The topological polar surface area (TPSA) is 100 Å². The minimum absolute atomic E-state index is 0.0842. The van der Waals surface area contributed by atoms with E-state index in [0.717, 1.165) is 16.9 Å². The average molecular weight is 565 g/mol. The van der Waals surface area contributed by atoms with Crippen LogP contribution in [0.1, 0.15) is 26.3 Å². The van der Waals surface area contributed by atoms with Gasteiger partial charge in [0.1, 0.15) is 12.4 Å². The van der Waals surface area contributed by atoms with Crippen molar-refractivity contribution in [3.8, 4) is 22.8 Å². The highest BCUT2D eigenvalue weighted by Crippen LogP contribution is 2.31. The summed E-state index contributed by atoms with van der Waals surface area (Å²) in [6.45, 7) is 7.90. The van der Waals surface area contributed by atoms with Crippen molar-refractivity contribution < 1.29 is 23.5 Å². The van der Waals surface area contributed by atoms with E-state index < -0.39 is 5.54 Å². The maximum absolute atomic E-state index is 13.4. The lowest BCUT2D eigenvalue weighted by Gasteiger charge is -2.36. The number of urea groups is 1. The van der Waals surface area contributed by atoms with Crippen LogP contribution in [0.2, 0.25) is 0 Å². The first-order chi connectivity index (χ1) is 19.6. The number of aromatic nitrogens is 2. The summed E-state index contributed by atoms with van der Waals surface area (Å²) in [5, 5.41) is 11.7. The van der Waals surface area contributed by atoms with Gasteiger partial charge in [-0.1, -0.05) is 12.1 Å². The van der Waals surface area contributed by atoms with Crippen molar-refractivity contribution in [1.82, 2.24) is 25.3 Å². The maximum atomic E-state index is 13.4. The summed E-state index contributed by atoms with van der Waals surface area (Å²) in [5.74, 6) is 1.48. The summed E-state index contributed by atoms with van der Waals surface area (Å²) in [6, 6.07) is 15.0. The minimum Gasteiger partial charge on any atom is -0.493 e. The van der Waals surface area contributed by atoms with E-state index in [9.17, 15) is 14.0 Å². The van der Waals surface area contributed by atoms with Crippen LogP contribution in [0.15, 0.2) is 54.6 Å². The number of ether oxygens (including phenoxy) is 2. The molecular formula is C30H37FN6O4. The molecule has 0 saturated carbocycles. The van der Waals surface area contributed by atoms with Crippen molar-refractivity contribution in [3.63, 3.8) is 0 Å². The highest BCUT2D eigenvalue weighted by atomic mass is 19.1. The van der Waals surface area contributed by atoms with E-state index in [1.807, 2.05) is 51.1 Å². The normalized spacial score (nSPS) is 13.5. The number of methoxy groups -OCH3 is 2. The Morgan fingerprint density at radius 2 is 1.61 bits per heavy atom. The predicted octanol–water partition coefficient (Wildman–Crippen LogP) is 3.96. The zero-order chi connectivity index (χ0) is 29.6. The van der Waals surface area contributed by atoms with Gasteiger partial charge < -0.3 is 29.5 Å². The molecule has 3 amide bonds. The lowest BCUT2D eigenvalue weighted by atomic mass is 10.1. The third kappa shape index (κ3) is 7.84. The van der Waals surface area contributed by atoms with E-state index in [0.29, 0.717) is 43.4 Å². The first-order valence-corrected chi connectivity index (χ1v) is 13.5. The summed E-state index contributed by atoms with van der Waals surface area (Å²) < 4.78 is 24.1. The summed E-state index contributed by atoms with van der Waals surface area (Å²) in [6.07, 6.45) is 0. The number of carbonyl (C=O) groups is 2. The van der Waals surface area contributed by atoms with E-state index in [4.69, 9.17) is 9.47 Å². The number of hydrogen-bond acceptors (Lipinski definition) is 7. The molecule has 10 nitrogen and oxygen atoms in total. The van der Waals surface area contributed by atoms with Crippen LogP contribution in [0.25, 0.3) is 11.3 Å². The van der Waals surface area contributed by atoms with Crippen molar-refractivity contribution >= 4 is 17.8 Å². The van der Waals surface area contributed by atoms with Gasteiger partial charge in [-0.05, 0) is 68.8 Å². The summed E-state index contributed by atoms with van der Waals surface area (Å²) in [4.78, 5) is 31.6. The Morgan fingerprint density at radius 1 is 0.927 bits per heavy atom. The van der Waals surface area contributed by atoms with E-state index in [-0.39, 0.29) is 30.8 Å². The van der Waals surface area contributed by atoms with Gasteiger partial charge >= 0.3 is 6.03 Å². The molecule has 0 unspecified atom stereocenters. The molecule has 0 bridgehead atoms. The first-order valence-electron chi connectivity index (χ1n) is 13.5. The Morgan fingerprint density at radius 3 is 2.20 bits per heavy atom. The fourth-order valence-corrected chi connectivity index (χ4v) is 4.50. The maximum Gasteiger partial charge on any atom is 0.318 e. The molecule has 3 aromatic rings. The number of benzene rings is 2. The molecule has 4 rings (SSSR count). The van der Waals surface area contributed by atoms with Crippen molar-refractivity contribution in [2.24, 2.45) is 0 Å². The number of rotatable bonds is 8. The molecule has 0 aliphatic carbocycles. The van der Waals surface area contributed by atoms with Gasteiger partial charge in [-0.15, -0.1) is 10.2 Å². The lowest BCUT2D eigenvalue weighted by Crippen LogP contribution is -2.54. The Kier molecular flexibility index (Phi) is 9.26. The molecule has 2 heterocycles. The van der Waals surface area contributed by atoms with Gasteiger partial charge in [-0.3, -0.25) is 4.79 Å². The van der Waals surface area contributed by atoms with Crippen molar-refractivity contribution in [1.29, 1.82) is 0 Å². The lowest BCUT2D eigenvalue weighted by molar-refractivity contribution is -0.132. The van der Waals surface area contributed by atoms with Crippen molar-refractivity contribution in [2.45, 2.75) is 32.9 Å². The van der Waals surface area contributed by atoms with Gasteiger partial charge in [0.25, 0.3) is 0 Å². The summed E-state index contributed by atoms with van der Waals surface area (Å²) in [5.41, 5.74) is 1.84. The molecule has 0 atom stereocenters. The SMILES string of the molecule is COc1ccc(-c2ccc(N3CCN(C(=O)CN(Cc4ccc(F)cc4)C(=O)NC(C)(C)C)CC3)nn2)cc1OC. The van der Waals surface area contributed by atoms with E-state index >= 15 is 0 Å². The third-order valence-electron chi connectivity index (χ3n) is 6.67. The minimum atomic E-state index is -0.469. The van der Waals surface area contributed by atoms with Crippen molar-refractivity contribution in [3.05, 3.63) is 66.0 Å². The number of carbonyl (C=O) groups excluding carboxylic acids is 2. The summed E-state index contributed by atoms with van der Waals surface area (Å²) in [7, 11) is 3.18. The Bertz CT molecular complexity index is 1340. The van der Waals surface area contributed by atoms with Crippen LogP contribution >= 0.6 is 0 Å². The Hall–Kier alpha value is -4.41. The van der Waals surface area contributed by atoms with Gasteiger partial charge in [0.05, 0.1) is 19.9 Å². The Balaban J connectivity index is 1.37. The van der Waals surface area contributed by atoms with Gasteiger partial charge in [0, 0.05) is 43.8 Å². The van der Waals surface area contributed by atoms with Crippen LogP contribution < -0.4 is 19.7 Å². The number of amides is 3. The molecule has 218 valence electrons. The highest BCUT2D eigenvalue weighted by Gasteiger charge is 2.27. The monoisotopic (exact) mass is 564 g/mol. The number of nitrogens with one attached hydrogen (secondary N) is 1. The molecule has 1 aliphatic rings. The van der Waals surface area contributed by atoms with Crippen LogP contribution in [0.5, 0.6) is 11.5 Å². The molecule has 1 aromatic heterocycles. The first kappa shape index (κ1) is 29.6. The van der Waals surface area contributed by atoms with Crippen LogP contribution in [0.4, 0.5) is 15.0 Å².